The van der Waals surface area contributed by atoms with Gasteiger partial charge in [0.25, 0.3) is 0 Å². The van der Waals surface area contributed by atoms with E-state index in [4.69, 9.17) is 16.7 Å². The van der Waals surface area contributed by atoms with Crippen LogP contribution in [0.1, 0.15) is 21.5 Å². The van der Waals surface area contributed by atoms with Gasteiger partial charge >= 0.3 is 5.97 Å². The van der Waals surface area contributed by atoms with Crippen molar-refractivity contribution < 1.29 is 9.90 Å². The fourth-order valence-corrected chi connectivity index (χ4v) is 1.94. The number of rotatable bonds is 4. The third-order valence-corrected chi connectivity index (χ3v) is 3.14. The number of anilines is 1. The maximum atomic E-state index is 10.8. The molecule has 0 saturated heterocycles. The highest BCUT2D eigenvalue weighted by atomic mass is 35.5. The van der Waals surface area contributed by atoms with E-state index in [1.165, 1.54) is 6.07 Å². The Morgan fingerprint density at radius 1 is 1.42 bits per heavy atom. The van der Waals surface area contributed by atoms with Gasteiger partial charge in [-0.2, -0.15) is 0 Å². The van der Waals surface area contributed by atoms with E-state index < -0.39 is 5.97 Å². The van der Waals surface area contributed by atoms with Crippen molar-refractivity contribution in [2.75, 3.05) is 5.32 Å². The quantitative estimate of drug-likeness (QED) is 0.899. The van der Waals surface area contributed by atoms with Crippen LogP contribution in [0.3, 0.4) is 0 Å². The molecule has 1 aromatic heterocycles. The zero-order chi connectivity index (χ0) is 13.8. The fraction of sp³-hybridized carbons (Fsp3) is 0.143. The standard InChI is InChI=1S/C14H13ClN2O2/c1-9-4-5-16-7-10(9)8-17-11-2-3-12(14(18)19)13(15)6-11/h2-7,17H,8H2,1H3,(H,18,19). The van der Waals surface area contributed by atoms with E-state index in [9.17, 15) is 4.79 Å². The molecule has 0 aliphatic carbocycles. The molecular formula is C14H13ClN2O2. The van der Waals surface area contributed by atoms with Gasteiger partial charge in [-0.25, -0.2) is 4.79 Å². The highest BCUT2D eigenvalue weighted by Crippen LogP contribution is 2.21. The minimum absolute atomic E-state index is 0.102. The molecule has 0 aliphatic rings. The van der Waals surface area contributed by atoms with Gasteiger partial charge in [-0.3, -0.25) is 4.98 Å². The summed E-state index contributed by atoms with van der Waals surface area (Å²) in [5.41, 5.74) is 3.11. The first-order valence-corrected chi connectivity index (χ1v) is 6.12. The Kier molecular flexibility index (Phi) is 4.02. The molecule has 0 bridgehead atoms. The number of pyridine rings is 1. The molecule has 0 unspecified atom stereocenters. The minimum atomic E-state index is -1.03. The summed E-state index contributed by atoms with van der Waals surface area (Å²) in [6.45, 7) is 2.63. The first-order valence-electron chi connectivity index (χ1n) is 5.74. The molecule has 2 rings (SSSR count). The lowest BCUT2D eigenvalue weighted by molar-refractivity contribution is 0.0697. The van der Waals surface area contributed by atoms with Gasteiger partial charge in [0.05, 0.1) is 10.6 Å². The Morgan fingerprint density at radius 3 is 2.84 bits per heavy atom. The van der Waals surface area contributed by atoms with Gasteiger partial charge in [0.2, 0.25) is 0 Å². The Hall–Kier alpha value is -2.07. The average Bonchev–Trinajstić information content (AvgIpc) is 2.37. The van der Waals surface area contributed by atoms with Crippen molar-refractivity contribution in [3.05, 3.63) is 58.4 Å². The first-order chi connectivity index (χ1) is 9.08. The second-order valence-electron chi connectivity index (χ2n) is 4.16. The number of aromatic carboxylic acids is 1. The van der Waals surface area contributed by atoms with E-state index in [1.807, 2.05) is 13.0 Å². The van der Waals surface area contributed by atoms with Crippen molar-refractivity contribution >= 4 is 23.3 Å². The minimum Gasteiger partial charge on any atom is -0.478 e. The van der Waals surface area contributed by atoms with E-state index in [2.05, 4.69) is 10.3 Å². The normalized spacial score (nSPS) is 10.2. The van der Waals surface area contributed by atoms with Gasteiger partial charge in [-0.05, 0) is 42.3 Å². The average molecular weight is 277 g/mol. The predicted molar refractivity (Wildman–Crippen MR) is 74.7 cm³/mol. The van der Waals surface area contributed by atoms with Crippen molar-refractivity contribution in [3.63, 3.8) is 0 Å². The molecule has 2 N–H and O–H groups in total. The number of carbonyl (C=O) groups is 1. The van der Waals surface area contributed by atoms with Gasteiger partial charge < -0.3 is 10.4 Å². The Morgan fingerprint density at radius 2 is 2.21 bits per heavy atom. The SMILES string of the molecule is Cc1ccncc1CNc1ccc(C(=O)O)c(Cl)c1. The number of benzene rings is 1. The van der Waals surface area contributed by atoms with E-state index >= 15 is 0 Å². The van der Waals surface area contributed by atoms with Gasteiger partial charge in [0, 0.05) is 24.6 Å². The van der Waals surface area contributed by atoms with E-state index in [0.29, 0.717) is 6.54 Å². The Labute approximate surface area is 116 Å². The monoisotopic (exact) mass is 276 g/mol. The topological polar surface area (TPSA) is 62.2 Å². The van der Waals surface area contributed by atoms with Crippen LogP contribution in [0.2, 0.25) is 5.02 Å². The zero-order valence-electron chi connectivity index (χ0n) is 10.4. The van der Waals surface area contributed by atoms with Crippen LogP contribution in [-0.2, 0) is 6.54 Å². The molecule has 0 aliphatic heterocycles. The number of nitrogens with zero attached hydrogens (tertiary/aromatic N) is 1. The number of carboxylic acids is 1. The Bertz CT molecular complexity index is 614. The molecule has 5 heteroatoms. The van der Waals surface area contributed by atoms with Gasteiger partial charge in [0.15, 0.2) is 0 Å². The molecule has 2 aromatic rings. The third kappa shape index (κ3) is 3.23. The number of hydrogen-bond donors (Lipinski definition) is 2. The first kappa shape index (κ1) is 13.4. The summed E-state index contributed by atoms with van der Waals surface area (Å²) in [6, 6.07) is 6.73. The van der Waals surface area contributed by atoms with Crippen LogP contribution in [0, 0.1) is 6.92 Å². The van der Waals surface area contributed by atoms with E-state index in [-0.39, 0.29) is 10.6 Å². The number of nitrogens with one attached hydrogen (secondary N) is 1. The molecule has 0 fully saturated rings. The van der Waals surface area contributed by atoms with Crippen LogP contribution in [-0.4, -0.2) is 16.1 Å². The number of hydrogen-bond acceptors (Lipinski definition) is 3. The van der Waals surface area contributed by atoms with Crippen molar-refractivity contribution in [1.29, 1.82) is 0 Å². The summed E-state index contributed by atoms with van der Waals surface area (Å²) in [5, 5.41) is 12.3. The summed E-state index contributed by atoms with van der Waals surface area (Å²) in [7, 11) is 0. The van der Waals surface area contributed by atoms with Crippen LogP contribution in [0.25, 0.3) is 0 Å². The summed E-state index contributed by atoms with van der Waals surface area (Å²) < 4.78 is 0. The van der Waals surface area contributed by atoms with Crippen LogP contribution < -0.4 is 5.32 Å². The summed E-state index contributed by atoms with van der Waals surface area (Å²) in [5.74, 6) is -1.03. The van der Waals surface area contributed by atoms with E-state index in [1.54, 1.807) is 24.5 Å². The van der Waals surface area contributed by atoms with Gasteiger partial charge in [0.1, 0.15) is 0 Å². The van der Waals surface area contributed by atoms with Gasteiger partial charge in [-0.1, -0.05) is 11.6 Å². The largest absolute Gasteiger partial charge is 0.478 e. The van der Waals surface area contributed by atoms with Crippen LogP contribution >= 0.6 is 11.6 Å². The smallest absolute Gasteiger partial charge is 0.337 e. The molecule has 0 atom stereocenters. The van der Waals surface area contributed by atoms with Gasteiger partial charge in [-0.15, -0.1) is 0 Å². The summed E-state index contributed by atoms with van der Waals surface area (Å²) in [6.07, 6.45) is 3.55. The lowest BCUT2D eigenvalue weighted by atomic mass is 10.1. The van der Waals surface area contributed by atoms with Crippen molar-refractivity contribution in [2.45, 2.75) is 13.5 Å². The molecule has 0 spiro atoms. The van der Waals surface area contributed by atoms with Crippen molar-refractivity contribution in [3.8, 4) is 0 Å². The lowest BCUT2D eigenvalue weighted by Gasteiger charge is -2.09. The number of halogens is 1. The van der Waals surface area contributed by atoms with E-state index in [0.717, 1.165) is 16.8 Å². The highest BCUT2D eigenvalue weighted by molar-refractivity contribution is 6.33. The Balaban J connectivity index is 2.11. The molecule has 0 amide bonds. The molecular weight excluding hydrogens is 264 g/mol. The maximum Gasteiger partial charge on any atom is 0.337 e. The molecule has 4 nitrogen and oxygen atoms in total. The predicted octanol–water partition coefficient (Wildman–Crippen LogP) is 3.35. The van der Waals surface area contributed by atoms with Crippen LogP contribution in [0.4, 0.5) is 5.69 Å². The van der Waals surface area contributed by atoms with Crippen molar-refractivity contribution in [1.82, 2.24) is 4.98 Å². The summed E-state index contributed by atoms with van der Waals surface area (Å²) >= 11 is 5.90. The molecule has 1 aromatic carbocycles. The number of aromatic nitrogens is 1. The highest BCUT2D eigenvalue weighted by Gasteiger charge is 2.08. The van der Waals surface area contributed by atoms with Crippen LogP contribution in [0.15, 0.2) is 36.7 Å². The zero-order valence-corrected chi connectivity index (χ0v) is 11.1. The molecule has 98 valence electrons. The number of carboxylic acid groups (broad SMARTS) is 1. The fourth-order valence-electron chi connectivity index (χ4n) is 1.68. The molecule has 1 heterocycles. The van der Waals surface area contributed by atoms with Crippen molar-refractivity contribution in [2.24, 2.45) is 0 Å². The second-order valence-corrected chi connectivity index (χ2v) is 4.56. The van der Waals surface area contributed by atoms with Crippen LogP contribution in [0.5, 0.6) is 0 Å². The molecule has 0 saturated carbocycles. The molecule has 0 radical (unpaired) electrons. The molecule has 19 heavy (non-hydrogen) atoms. The lowest BCUT2D eigenvalue weighted by Crippen LogP contribution is -2.03. The number of aryl methyl sites for hydroxylation is 1. The second kappa shape index (κ2) is 5.71. The summed E-state index contributed by atoms with van der Waals surface area (Å²) in [4.78, 5) is 14.9. The maximum absolute atomic E-state index is 10.8. The third-order valence-electron chi connectivity index (χ3n) is 2.83.